The number of nitrogens with zero attached hydrogens (tertiary/aromatic N) is 1. The number of rotatable bonds is 11. The Labute approximate surface area is 178 Å². The van der Waals surface area contributed by atoms with E-state index in [4.69, 9.17) is 11.1 Å². The van der Waals surface area contributed by atoms with Crippen molar-refractivity contribution in [2.75, 3.05) is 0 Å². The van der Waals surface area contributed by atoms with Crippen molar-refractivity contribution >= 4 is 18.2 Å². The Kier molecular flexibility index (Phi) is 11.2. The molecule has 1 aromatic rings. The van der Waals surface area contributed by atoms with Gasteiger partial charge in [-0.25, -0.2) is 0 Å². The number of nitrogen functional groups attached to an aromatic ring is 1. The van der Waals surface area contributed by atoms with Crippen LogP contribution in [-0.2, 0) is 0 Å². The predicted molar refractivity (Wildman–Crippen MR) is 121 cm³/mol. The fourth-order valence-corrected chi connectivity index (χ4v) is 4.45. The molecule has 1 aromatic carbocycles. The van der Waals surface area contributed by atoms with Crippen molar-refractivity contribution in [3.05, 3.63) is 35.4 Å². The molecule has 2 rings (SSSR count). The third-order valence-electron chi connectivity index (χ3n) is 6.38. The van der Waals surface area contributed by atoms with Crippen LogP contribution in [0.4, 0.5) is 0 Å². The molecule has 0 heterocycles. The Hall–Kier alpha value is -1.53. The first-order valence-electron chi connectivity index (χ1n) is 11.0. The second-order valence-corrected chi connectivity index (χ2v) is 8.43. The summed E-state index contributed by atoms with van der Waals surface area (Å²) in [6.07, 6.45) is 16.0. The van der Waals surface area contributed by atoms with Gasteiger partial charge in [-0.3, -0.25) is 5.41 Å². The summed E-state index contributed by atoms with van der Waals surface area (Å²) in [6.45, 7) is 2.26. The third-order valence-corrected chi connectivity index (χ3v) is 6.38. The van der Waals surface area contributed by atoms with Crippen LogP contribution >= 0.6 is 12.4 Å². The molecule has 156 valence electrons. The van der Waals surface area contributed by atoms with E-state index in [1.807, 2.05) is 12.1 Å². The Balaban J connectivity index is 0.00000392. The van der Waals surface area contributed by atoms with Crippen LogP contribution < -0.4 is 5.73 Å². The number of hydrogen-bond acceptors (Lipinski definition) is 2. The van der Waals surface area contributed by atoms with E-state index in [-0.39, 0.29) is 23.7 Å². The average Bonchev–Trinajstić information content (AvgIpc) is 2.70. The van der Waals surface area contributed by atoms with E-state index in [0.717, 1.165) is 37.7 Å². The van der Waals surface area contributed by atoms with E-state index in [1.165, 1.54) is 56.9 Å². The summed E-state index contributed by atoms with van der Waals surface area (Å²) in [5.74, 6) is 0.671. The highest BCUT2D eigenvalue weighted by atomic mass is 35.5. The molecule has 0 saturated heterocycles. The van der Waals surface area contributed by atoms with Gasteiger partial charge in [-0.05, 0) is 43.6 Å². The third kappa shape index (κ3) is 7.47. The standard InChI is InChI=1S/C24H37N3.ClH/c1-2-3-4-5-6-7-8-9-16-24(19-25)17-14-21(15-18-24)20-10-12-22(13-11-20)23(26)27;/h10-13,21H,2-9,14-18H2,1H3,(H3,26,27);1H. The highest BCUT2D eigenvalue weighted by molar-refractivity contribution is 5.94. The monoisotopic (exact) mass is 403 g/mol. The molecule has 0 amide bonds. The number of hydrogen-bond donors (Lipinski definition) is 2. The molecule has 1 fully saturated rings. The smallest absolute Gasteiger partial charge is 0.122 e. The maximum atomic E-state index is 9.81. The Morgan fingerprint density at radius 1 is 1.04 bits per heavy atom. The molecule has 0 radical (unpaired) electrons. The number of unbranched alkanes of at least 4 members (excludes halogenated alkanes) is 7. The van der Waals surface area contributed by atoms with Gasteiger partial charge in [0, 0.05) is 5.56 Å². The Morgan fingerprint density at radius 3 is 2.07 bits per heavy atom. The molecule has 4 heteroatoms. The first kappa shape index (κ1) is 24.5. The minimum Gasteiger partial charge on any atom is -0.384 e. The van der Waals surface area contributed by atoms with Crippen LogP contribution in [0.15, 0.2) is 24.3 Å². The van der Waals surface area contributed by atoms with Gasteiger partial charge in [-0.1, -0.05) is 82.6 Å². The zero-order valence-corrected chi connectivity index (χ0v) is 18.3. The second-order valence-electron chi connectivity index (χ2n) is 8.43. The molecule has 28 heavy (non-hydrogen) atoms. The van der Waals surface area contributed by atoms with E-state index in [0.29, 0.717) is 5.92 Å². The van der Waals surface area contributed by atoms with Crippen molar-refractivity contribution in [1.29, 1.82) is 10.7 Å². The molecule has 1 aliphatic carbocycles. The van der Waals surface area contributed by atoms with Crippen molar-refractivity contribution < 1.29 is 0 Å². The van der Waals surface area contributed by atoms with Gasteiger partial charge in [-0.15, -0.1) is 12.4 Å². The molecule has 0 bridgehead atoms. The number of benzene rings is 1. The highest BCUT2D eigenvalue weighted by Gasteiger charge is 2.35. The van der Waals surface area contributed by atoms with E-state index < -0.39 is 0 Å². The van der Waals surface area contributed by atoms with Gasteiger partial charge in [-0.2, -0.15) is 5.26 Å². The Morgan fingerprint density at radius 2 is 1.57 bits per heavy atom. The van der Waals surface area contributed by atoms with Crippen molar-refractivity contribution in [3.8, 4) is 6.07 Å². The van der Waals surface area contributed by atoms with Crippen LogP contribution in [0, 0.1) is 22.2 Å². The van der Waals surface area contributed by atoms with Gasteiger partial charge in [0.05, 0.1) is 11.5 Å². The average molecular weight is 404 g/mol. The van der Waals surface area contributed by atoms with Crippen LogP contribution in [0.1, 0.15) is 107 Å². The number of halogens is 1. The second kappa shape index (κ2) is 12.8. The molecular formula is C24H38ClN3. The summed E-state index contributed by atoms with van der Waals surface area (Å²) in [4.78, 5) is 0. The lowest BCUT2D eigenvalue weighted by Crippen LogP contribution is -2.25. The van der Waals surface area contributed by atoms with Crippen molar-refractivity contribution in [1.82, 2.24) is 0 Å². The maximum Gasteiger partial charge on any atom is 0.122 e. The number of amidine groups is 1. The molecule has 0 atom stereocenters. The first-order chi connectivity index (χ1) is 13.1. The lowest BCUT2D eigenvalue weighted by atomic mass is 9.67. The topological polar surface area (TPSA) is 73.7 Å². The first-order valence-corrected chi connectivity index (χ1v) is 11.0. The Bertz CT molecular complexity index is 610. The predicted octanol–water partition coefficient (Wildman–Crippen LogP) is 7.09. The summed E-state index contributed by atoms with van der Waals surface area (Å²) < 4.78 is 0. The highest BCUT2D eigenvalue weighted by Crippen LogP contribution is 2.45. The van der Waals surface area contributed by atoms with E-state index >= 15 is 0 Å². The molecule has 3 N–H and O–H groups in total. The largest absolute Gasteiger partial charge is 0.384 e. The summed E-state index contributed by atoms with van der Waals surface area (Å²) >= 11 is 0. The number of nitriles is 1. The van der Waals surface area contributed by atoms with Crippen LogP contribution in [0.25, 0.3) is 0 Å². The summed E-state index contributed by atoms with van der Waals surface area (Å²) in [5, 5.41) is 17.3. The fraction of sp³-hybridized carbons (Fsp3) is 0.667. The zero-order valence-electron chi connectivity index (χ0n) is 17.5. The van der Waals surface area contributed by atoms with Gasteiger partial charge in [0.2, 0.25) is 0 Å². The SMILES string of the molecule is CCCCCCCCCCC1(C#N)CCC(c2ccc(C(=N)N)cc2)CC1.Cl. The quantitative estimate of drug-likeness (QED) is 0.235. The van der Waals surface area contributed by atoms with Crippen LogP contribution in [-0.4, -0.2) is 5.84 Å². The van der Waals surface area contributed by atoms with Gasteiger partial charge >= 0.3 is 0 Å². The molecule has 0 aliphatic heterocycles. The van der Waals surface area contributed by atoms with Crippen LogP contribution in [0.3, 0.4) is 0 Å². The molecule has 1 aliphatic rings. The minimum absolute atomic E-state index is 0. The molecule has 0 unspecified atom stereocenters. The lowest BCUT2D eigenvalue weighted by molar-refractivity contribution is 0.222. The van der Waals surface area contributed by atoms with Crippen molar-refractivity contribution in [2.24, 2.45) is 11.1 Å². The normalized spacial score (nSPS) is 21.5. The van der Waals surface area contributed by atoms with Crippen LogP contribution in [0.5, 0.6) is 0 Å². The van der Waals surface area contributed by atoms with Crippen molar-refractivity contribution in [2.45, 2.75) is 96.3 Å². The molecule has 1 saturated carbocycles. The van der Waals surface area contributed by atoms with Gasteiger partial charge in [0.15, 0.2) is 0 Å². The maximum absolute atomic E-state index is 9.81. The molecule has 3 nitrogen and oxygen atoms in total. The number of nitrogens with two attached hydrogens (primary N) is 1. The van der Waals surface area contributed by atoms with Gasteiger partial charge in [0.25, 0.3) is 0 Å². The van der Waals surface area contributed by atoms with E-state index in [1.54, 1.807) is 0 Å². The van der Waals surface area contributed by atoms with E-state index in [2.05, 4.69) is 25.1 Å². The summed E-state index contributed by atoms with van der Waals surface area (Å²) in [7, 11) is 0. The summed E-state index contributed by atoms with van der Waals surface area (Å²) in [5.41, 5.74) is 7.58. The lowest BCUT2D eigenvalue weighted by Gasteiger charge is -2.35. The summed E-state index contributed by atoms with van der Waals surface area (Å²) in [6, 6.07) is 10.8. The van der Waals surface area contributed by atoms with Gasteiger partial charge in [0.1, 0.15) is 5.84 Å². The minimum atomic E-state index is -0.0853. The molecule has 0 aromatic heterocycles. The molecule has 0 spiro atoms. The van der Waals surface area contributed by atoms with Crippen LogP contribution in [0.2, 0.25) is 0 Å². The van der Waals surface area contributed by atoms with Gasteiger partial charge < -0.3 is 5.73 Å². The zero-order chi connectivity index (χ0) is 19.5. The molecular weight excluding hydrogens is 366 g/mol. The number of nitrogens with one attached hydrogen (secondary N) is 1. The van der Waals surface area contributed by atoms with E-state index in [9.17, 15) is 5.26 Å². The van der Waals surface area contributed by atoms with Crippen molar-refractivity contribution in [3.63, 3.8) is 0 Å². The fourth-order valence-electron chi connectivity index (χ4n) is 4.45.